The van der Waals surface area contributed by atoms with Gasteiger partial charge in [-0.25, -0.2) is 4.79 Å². The minimum Gasteiger partial charge on any atom is -0.388 e. The Morgan fingerprint density at radius 1 is 1.02 bits per heavy atom. The van der Waals surface area contributed by atoms with E-state index >= 15 is 0 Å². The van der Waals surface area contributed by atoms with E-state index in [-0.39, 0.29) is 53.1 Å². The summed E-state index contributed by atoms with van der Waals surface area (Å²) in [5.74, 6) is -1.91. The molecule has 5 N–H and O–H groups in total. The second kappa shape index (κ2) is 24.9. The standard InChI is InChI=1S/C34H58N6O6.C5H6S.C3H8.C2H6O.4H2/c1-33(2,3)25(19-39(6)20-41)38-32(46)37-24-15-13-11-9-7-8-10-12-14-23(28(42)30(44)35-21-16-17-21)36-29(43)27-26-22(34(26,4)5)18-40(27)31(24)45;1-5-3-2-4-6-5;2*1-3-2;;;;/h21-27,41H,7-20H2,1-6H3,(H,35,44)(H,36,43)(H2,37,38,46);2-4H,1H3;3H2,1-2H3;1-2H3;4*1H/t22-,23-,24-,25+,26-,27-;;;;;;;/m0......./s1. The summed E-state index contributed by atoms with van der Waals surface area (Å²) in [7, 11) is 5.02. The molecule has 1 aromatic rings. The highest BCUT2D eigenvalue weighted by Crippen LogP contribution is 2.65. The molecular weight excluding hydrogens is 757 g/mol. The van der Waals surface area contributed by atoms with Crippen molar-refractivity contribution in [1.29, 1.82) is 0 Å². The maximum absolute atomic E-state index is 14.3. The lowest BCUT2D eigenvalue weighted by molar-refractivity contribution is -0.144. The van der Waals surface area contributed by atoms with Gasteiger partial charge < -0.3 is 36.0 Å². The van der Waals surface area contributed by atoms with Crippen molar-refractivity contribution in [1.82, 2.24) is 31.1 Å². The molecule has 0 aromatic carbocycles. The van der Waals surface area contributed by atoms with Crippen LogP contribution in [0.1, 0.15) is 136 Å². The molecule has 3 heterocycles. The number of Topliss-reactive ketones (excluding diaryl/α,β-unsaturated/α-hetero) is 1. The molecule has 2 saturated carbocycles. The summed E-state index contributed by atoms with van der Waals surface area (Å²) in [6, 6.07) is 0.892. The monoisotopic (exact) mass is 843 g/mol. The molecule has 0 spiro atoms. The quantitative estimate of drug-likeness (QED) is 0.138. The molecule has 4 aliphatic rings. The van der Waals surface area contributed by atoms with Crippen LogP contribution in [0.3, 0.4) is 0 Å². The van der Waals surface area contributed by atoms with E-state index in [9.17, 15) is 29.1 Å². The number of aliphatic hydroxyl groups is 1. The average molecular weight is 843 g/mol. The lowest BCUT2D eigenvalue weighted by Crippen LogP contribution is -2.60. The molecule has 0 bridgehead atoms. The zero-order chi connectivity index (χ0) is 43.6. The smallest absolute Gasteiger partial charge is 0.315 e. The molecule has 5 amide bonds. The van der Waals surface area contributed by atoms with Crippen molar-refractivity contribution in [3.63, 3.8) is 0 Å². The van der Waals surface area contributed by atoms with Gasteiger partial charge in [0.15, 0.2) is 0 Å². The number of hydrogen-bond donors (Lipinski definition) is 5. The predicted molar refractivity (Wildman–Crippen MR) is 241 cm³/mol. The molecule has 2 saturated heterocycles. The first-order valence-corrected chi connectivity index (χ1v) is 22.5. The number of urea groups is 1. The number of methoxy groups -OCH3 is 1. The molecule has 4 fully saturated rings. The van der Waals surface area contributed by atoms with Crippen LogP contribution in [0.5, 0.6) is 0 Å². The largest absolute Gasteiger partial charge is 0.388 e. The van der Waals surface area contributed by atoms with Gasteiger partial charge in [0, 0.05) is 50.0 Å². The number of nitrogens with zero attached hydrogens (tertiary/aromatic N) is 2. The highest BCUT2D eigenvalue weighted by atomic mass is 32.1. The molecule has 2 aliphatic carbocycles. The van der Waals surface area contributed by atoms with Crippen LogP contribution in [0, 0.1) is 29.6 Å². The van der Waals surface area contributed by atoms with Gasteiger partial charge in [0.05, 0.1) is 12.8 Å². The van der Waals surface area contributed by atoms with E-state index in [1.807, 2.05) is 20.8 Å². The fourth-order valence-corrected chi connectivity index (χ4v) is 8.17. The third-order valence-electron chi connectivity index (χ3n) is 11.4. The minimum atomic E-state index is -0.942. The molecule has 0 radical (unpaired) electrons. The first-order chi connectivity index (χ1) is 27.4. The van der Waals surface area contributed by atoms with Crippen molar-refractivity contribution in [2.24, 2.45) is 22.7 Å². The highest BCUT2D eigenvalue weighted by Gasteiger charge is 2.69. The van der Waals surface area contributed by atoms with Crippen molar-refractivity contribution < 1.29 is 39.5 Å². The molecular formula is C44H86N6O7S. The lowest BCUT2D eigenvalue weighted by Gasteiger charge is -2.36. The van der Waals surface area contributed by atoms with Crippen LogP contribution in [0.15, 0.2) is 17.5 Å². The van der Waals surface area contributed by atoms with Crippen LogP contribution >= 0.6 is 11.3 Å². The summed E-state index contributed by atoms with van der Waals surface area (Å²) < 4.78 is 4.25. The van der Waals surface area contributed by atoms with Gasteiger partial charge in [-0.3, -0.25) is 24.1 Å². The topological polar surface area (TPSA) is 169 Å². The predicted octanol–water partition coefficient (Wildman–Crippen LogP) is 7.01. The fourth-order valence-electron chi connectivity index (χ4n) is 7.64. The van der Waals surface area contributed by atoms with E-state index in [0.29, 0.717) is 25.9 Å². The van der Waals surface area contributed by atoms with Gasteiger partial charge >= 0.3 is 6.03 Å². The van der Waals surface area contributed by atoms with Crippen LogP contribution < -0.4 is 21.3 Å². The number of likely N-dealkylation sites (N-methyl/N-ethyl adjacent to an activating group) is 1. The molecule has 340 valence electrons. The Morgan fingerprint density at radius 2 is 1.59 bits per heavy atom. The number of rotatable bonds is 8. The Hall–Kier alpha value is -3.07. The van der Waals surface area contributed by atoms with E-state index in [0.717, 1.165) is 57.8 Å². The number of piperidine rings is 1. The second-order valence-corrected chi connectivity index (χ2v) is 19.4. The van der Waals surface area contributed by atoms with Gasteiger partial charge in [-0.05, 0) is 73.8 Å². The normalized spacial score (nSPS) is 25.1. The SMILES string of the molecule is CCC.CN(CO)C[C@@H](NC(=O)N[C@H]1CCCCCCCCC[C@@H](C(=O)C(=O)NC2CC2)NC(=O)[C@@H]2[C@@H]3[C@H](CN2C1=O)C3(C)C)C(C)(C)C.COC.Cc1cccs1.[HH].[HH].[HH].[HH]. The lowest BCUT2D eigenvalue weighted by atomic mass is 9.86. The molecule has 58 heavy (non-hydrogen) atoms. The second-order valence-electron chi connectivity index (χ2n) is 18.2. The number of amides is 5. The third kappa shape index (κ3) is 16.5. The third-order valence-corrected chi connectivity index (χ3v) is 12.2. The minimum absolute atomic E-state index is 0. The van der Waals surface area contributed by atoms with Crippen molar-refractivity contribution >= 4 is 40.9 Å². The van der Waals surface area contributed by atoms with Gasteiger partial charge in [-0.1, -0.05) is 106 Å². The van der Waals surface area contributed by atoms with Crippen LogP contribution in [0.25, 0.3) is 0 Å². The van der Waals surface area contributed by atoms with Crippen molar-refractivity contribution in [3.8, 4) is 0 Å². The number of nitrogens with one attached hydrogen (secondary N) is 4. The van der Waals surface area contributed by atoms with Crippen molar-refractivity contribution in [2.75, 3.05) is 41.1 Å². The van der Waals surface area contributed by atoms with E-state index in [2.05, 4.69) is 78.1 Å². The van der Waals surface area contributed by atoms with Crippen molar-refractivity contribution in [3.05, 3.63) is 22.4 Å². The summed E-state index contributed by atoms with van der Waals surface area (Å²) >= 11 is 1.78. The van der Waals surface area contributed by atoms with E-state index in [4.69, 9.17) is 0 Å². The number of hydrogen-bond acceptors (Lipinski definition) is 9. The molecule has 0 unspecified atom stereocenters. The van der Waals surface area contributed by atoms with Gasteiger partial charge in [-0.2, -0.15) is 0 Å². The highest BCUT2D eigenvalue weighted by molar-refractivity contribution is 7.09. The van der Waals surface area contributed by atoms with E-state index in [1.165, 1.54) is 11.3 Å². The average Bonchev–Trinajstić information content (AvgIpc) is 3.89. The fraction of sp³-hybridized carbons (Fsp3) is 0.795. The number of fused-ring (bicyclic) bond motifs is 3. The molecule has 2 aliphatic heterocycles. The summed E-state index contributed by atoms with van der Waals surface area (Å²) in [6.45, 7) is 17.3. The number of aliphatic hydroxyl groups excluding tert-OH is 1. The number of ether oxygens (including phenoxy) is 1. The van der Waals surface area contributed by atoms with Gasteiger partial charge in [0.2, 0.25) is 17.6 Å². The number of carbonyl (C=O) groups is 5. The Labute approximate surface area is 359 Å². The van der Waals surface area contributed by atoms with Gasteiger partial charge in [0.25, 0.3) is 5.91 Å². The first kappa shape index (κ1) is 51.1. The maximum atomic E-state index is 14.3. The molecule has 13 nitrogen and oxygen atoms in total. The molecule has 5 rings (SSSR count). The van der Waals surface area contributed by atoms with Crippen LogP contribution in [-0.4, -0.2) is 116 Å². The Morgan fingerprint density at radius 3 is 2.07 bits per heavy atom. The number of thiophene rings is 1. The molecule has 14 heteroatoms. The van der Waals surface area contributed by atoms with E-state index < -0.39 is 41.8 Å². The van der Waals surface area contributed by atoms with Crippen LogP contribution in [0.2, 0.25) is 0 Å². The summed E-state index contributed by atoms with van der Waals surface area (Å²) in [6.07, 6.45) is 10.1. The summed E-state index contributed by atoms with van der Waals surface area (Å²) in [4.78, 5) is 72.4. The van der Waals surface area contributed by atoms with Gasteiger partial charge in [-0.15, -0.1) is 11.3 Å². The Bertz CT molecular complexity index is 1430. The molecule has 6 atom stereocenters. The van der Waals surface area contributed by atoms with E-state index in [1.54, 1.807) is 42.4 Å². The Balaban J connectivity index is -0.00000191. The maximum Gasteiger partial charge on any atom is 0.315 e. The first-order valence-electron chi connectivity index (χ1n) is 21.6. The number of ketones is 1. The number of aryl methyl sites for hydroxylation is 1. The zero-order valence-corrected chi connectivity index (χ0v) is 38.4. The van der Waals surface area contributed by atoms with Gasteiger partial charge in [0.1, 0.15) is 12.1 Å². The Kier molecular flexibility index (Phi) is 21.9. The summed E-state index contributed by atoms with van der Waals surface area (Å²) in [5.41, 5.74) is -0.443. The summed E-state index contributed by atoms with van der Waals surface area (Å²) in [5, 5.41) is 23.3. The van der Waals surface area contributed by atoms with Crippen molar-refractivity contribution in [2.45, 2.75) is 163 Å². The van der Waals surface area contributed by atoms with Crippen LogP contribution in [0.4, 0.5) is 4.79 Å². The molecule has 1 aromatic heterocycles. The van der Waals surface area contributed by atoms with Crippen LogP contribution in [-0.2, 0) is 23.9 Å². The number of carbonyl (C=O) groups excluding carboxylic acids is 5. The zero-order valence-electron chi connectivity index (χ0n) is 37.6.